The summed E-state index contributed by atoms with van der Waals surface area (Å²) in [6.45, 7) is -0.915. The van der Waals surface area contributed by atoms with Crippen LogP contribution in [0.4, 0.5) is 0 Å². The summed E-state index contributed by atoms with van der Waals surface area (Å²) in [7, 11) is 0. The molecule has 0 amide bonds. The van der Waals surface area contributed by atoms with Crippen molar-refractivity contribution in [2.45, 2.75) is 14.9 Å². The molecule has 2 aromatic carbocycles. The number of rotatable bonds is 10. The van der Waals surface area contributed by atoms with Crippen molar-refractivity contribution in [3.8, 4) is 0 Å². The molecule has 0 bridgehead atoms. The van der Waals surface area contributed by atoms with Crippen LogP contribution in [-0.2, 0) is 14.4 Å². The molecule has 0 aliphatic heterocycles. The molecule has 194 valence electrons. The number of carbonyl (C=O) groups is 5. The zero-order valence-corrected chi connectivity index (χ0v) is 17.9. The first-order valence-electron chi connectivity index (χ1n) is 9.35. The quantitative estimate of drug-likeness (QED) is 0.212. The number of carboxylic acids is 3. The van der Waals surface area contributed by atoms with Crippen LogP contribution >= 0.6 is 0 Å². The molecule has 0 spiro atoms. The molecule has 0 heterocycles. The summed E-state index contributed by atoms with van der Waals surface area (Å²) in [6, 6.07) is 13.7. The van der Waals surface area contributed by atoms with Gasteiger partial charge in [0.05, 0.1) is 0 Å². The molecule has 2 aromatic rings. The number of aliphatic imine (C=N–C) groups is 2. The van der Waals surface area contributed by atoms with Crippen molar-refractivity contribution in [2.24, 2.45) is 15.1 Å². The topological polar surface area (TPSA) is 209 Å². The van der Waals surface area contributed by atoms with Crippen LogP contribution in [0.15, 0.2) is 63.6 Å². The largest absolute Gasteiger partial charge is 0.480 e. The molecule has 0 radical (unpaired) electrons. The van der Waals surface area contributed by atoms with Crippen LogP contribution in [0.5, 0.6) is 0 Å². The van der Waals surface area contributed by atoms with Gasteiger partial charge in [-0.3, -0.25) is 29.2 Å². The number of aliphatic carboxylic acids is 3. The highest BCUT2D eigenvalue weighted by Crippen LogP contribution is 2.03. The summed E-state index contributed by atoms with van der Waals surface area (Å²) < 4.78 is 0. The third-order valence-corrected chi connectivity index (χ3v) is 3.39. The van der Waals surface area contributed by atoms with Crippen molar-refractivity contribution in [1.29, 1.82) is 0 Å². The van der Waals surface area contributed by atoms with Gasteiger partial charge in [0.25, 0.3) is 0 Å². The van der Waals surface area contributed by atoms with E-state index in [1.807, 2.05) is 0 Å². The lowest BCUT2D eigenvalue weighted by Crippen LogP contribution is -2.26. The minimum atomic E-state index is -1.01. The van der Waals surface area contributed by atoms with Crippen LogP contribution in [0.2, 0.25) is 0 Å². The second kappa shape index (κ2) is 21.9. The van der Waals surface area contributed by atoms with Gasteiger partial charge in [0, 0.05) is 34.7 Å². The highest BCUT2D eigenvalue weighted by molar-refractivity contribution is 5.95. The van der Waals surface area contributed by atoms with E-state index in [9.17, 15) is 24.0 Å². The normalized spacial score (nSPS) is 9.22. The van der Waals surface area contributed by atoms with Gasteiger partial charge in [-0.15, -0.1) is 0 Å². The standard InChI is InChI=1S/C12H12N2O4.C8H6O2.C2H4N2O2.2CH4/c15-11(16)7-13-5-9-3-1-2-4-10(9)6-14-8-12(17)18;9-5-7-3-1-2-4-8(7)6-10;3-4-1-2(5)6;;/h1-6H,7-8H2,(H,15,16)(H,17,18);1-6H;3H,1H2,(H,5,6);2*1H4/p+1. The summed E-state index contributed by atoms with van der Waals surface area (Å²) in [5.41, 5.74) is 6.73. The third-order valence-electron chi connectivity index (χ3n) is 3.39. The van der Waals surface area contributed by atoms with Crippen molar-refractivity contribution in [1.82, 2.24) is 0 Å². The van der Waals surface area contributed by atoms with Crippen molar-refractivity contribution in [2.75, 3.05) is 19.6 Å². The second-order valence-electron chi connectivity index (χ2n) is 5.96. The Bertz CT molecular complexity index is 980. The number of nitrogens with zero attached hydrogens (tertiary/aromatic N) is 3. The fourth-order valence-electron chi connectivity index (χ4n) is 1.99. The molecule has 0 unspecified atom stereocenters. The average molecular weight is 504 g/mol. The molecular formula is C24H31N4O8+. The molecule has 2 rings (SSSR count). The SMILES string of the molecule is C.C.O=C(O)CN=Cc1ccccc1C=NCC(=O)O.O=Cc1ccccc1C=O.[NH2+]=NCC(=O)O. The number of carboxylic acid groups (broad SMARTS) is 3. The van der Waals surface area contributed by atoms with Crippen LogP contribution in [0, 0.1) is 0 Å². The van der Waals surface area contributed by atoms with Gasteiger partial charge in [0.1, 0.15) is 13.1 Å². The third kappa shape index (κ3) is 17.7. The minimum Gasteiger partial charge on any atom is -0.480 e. The molecule has 0 saturated carbocycles. The fourth-order valence-corrected chi connectivity index (χ4v) is 1.99. The van der Waals surface area contributed by atoms with Gasteiger partial charge in [-0.25, -0.2) is 4.79 Å². The lowest BCUT2D eigenvalue weighted by Gasteiger charge is -1.98. The van der Waals surface area contributed by atoms with Crippen molar-refractivity contribution in [3.05, 3.63) is 70.8 Å². The van der Waals surface area contributed by atoms with E-state index in [4.69, 9.17) is 15.3 Å². The zero-order valence-electron chi connectivity index (χ0n) is 17.9. The predicted molar refractivity (Wildman–Crippen MR) is 134 cm³/mol. The van der Waals surface area contributed by atoms with Gasteiger partial charge in [0.15, 0.2) is 19.1 Å². The number of nitrogens with two attached hydrogens (primary N) is 1. The molecule has 0 aliphatic carbocycles. The van der Waals surface area contributed by atoms with Gasteiger partial charge >= 0.3 is 17.9 Å². The van der Waals surface area contributed by atoms with Crippen molar-refractivity contribution in [3.63, 3.8) is 0 Å². The lowest BCUT2D eigenvalue weighted by atomic mass is 10.1. The molecule has 0 aliphatic rings. The summed E-state index contributed by atoms with van der Waals surface area (Å²) in [5, 5.41) is 27.5. The van der Waals surface area contributed by atoms with Crippen LogP contribution < -0.4 is 5.53 Å². The Labute approximate surface area is 208 Å². The van der Waals surface area contributed by atoms with E-state index in [0.29, 0.717) is 34.8 Å². The van der Waals surface area contributed by atoms with Crippen LogP contribution in [0.25, 0.3) is 0 Å². The fraction of sp³-hybridized carbons (Fsp3) is 0.208. The van der Waals surface area contributed by atoms with E-state index in [1.54, 1.807) is 48.5 Å². The van der Waals surface area contributed by atoms with Crippen LogP contribution in [-0.4, -0.2) is 77.9 Å². The maximum absolute atomic E-state index is 10.3. The summed E-state index contributed by atoms with van der Waals surface area (Å²) in [5.74, 6) is -3.02. The van der Waals surface area contributed by atoms with E-state index in [-0.39, 0.29) is 34.5 Å². The Morgan fingerprint density at radius 1 is 0.639 bits per heavy atom. The maximum atomic E-state index is 10.3. The van der Waals surface area contributed by atoms with E-state index in [1.165, 1.54) is 12.4 Å². The first kappa shape index (κ1) is 35.7. The molecular weight excluding hydrogens is 472 g/mol. The number of benzene rings is 2. The molecule has 12 heteroatoms. The maximum Gasteiger partial charge on any atom is 0.331 e. The highest BCUT2D eigenvalue weighted by Gasteiger charge is 1.98. The first-order chi connectivity index (χ1) is 16.2. The number of aldehydes is 2. The monoisotopic (exact) mass is 503 g/mol. The first-order valence-corrected chi connectivity index (χ1v) is 9.35. The van der Waals surface area contributed by atoms with Crippen molar-refractivity contribution < 1.29 is 44.8 Å². The average Bonchev–Trinajstić information content (AvgIpc) is 2.80. The molecule has 36 heavy (non-hydrogen) atoms. The number of hydrogen-bond donors (Lipinski definition) is 4. The van der Waals surface area contributed by atoms with Crippen LogP contribution in [0.1, 0.15) is 46.7 Å². The van der Waals surface area contributed by atoms with Gasteiger partial charge in [-0.1, -0.05) is 63.4 Å². The lowest BCUT2D eigenvalue weighted by molar-refractivity contribution is -0.222. The van der Waals surface area contributed by atoms with Gasteiger partial charge < -0.3 is 15.3 Å². The number of carbonyl (C=O) groups excluding carboxylic acids is 2. The van der Waals surface area contributed by atoms with E-state index in [0.717, 1.165) is 0 Å². The Balaban J connectivity index is -0.000000512. The van der Waals surface area contributed by atoms with Gasteiger partial charge in [0.2, 0.25) is 0 Å². The Hall–Kier alpha value is -4.87. The van der Waals surface area contributed by atoms with Crippen LogP contribution in [0.3, 0.4) is 0 Å². The molecule has 0 atom stereocenters. The van der Waals surface area contributed by atoms with E-state index >= 15 is 0 Å². The predicted octanol–water partition coefficient (Wildman–Crippen LogP) is 1.56. The van der Waals surface area contributed by atoms with Crippen molar-refractivity contribution >= 4 is 42.9 Å². The summed E-state index contributed by atoms with van der Waals surface area (Å²) >= 11 is 0. The molecule has 0 saturated heterocycles. The van der Waals surface area contributed by atoms with Gasteiger partial charge in [-0.2, -0.15) is 5.53 Å². The smallest absolute Gasteiger partial charge is 0.331 e. The highest BCUT2D eigenvalue weighted by atomic mass is 16.4. The number of hydrogen-bond acceptors (Lipinski definition) is 8. The van der Waals surface area contributed by atoms with E-state index < -0.39 is 17.9 Å². The van der Waals surface area contributed by atoms with E-state index in [2.05, 4.69) is 20.6 Å². The molecule has 0 fully saturated rings. The Morgan fingerprint density at radius 3 is 1.17 bits per heavy atom. The minimum absolute atomic E-state index is 0. The Morgan fingerprint density at radius 2 is 0.944 bits per heavy atom. The zero-order chi connectivity index (χ0) is 25.8. The second-order valence-corrected chi connectivity index (χ2v) is 5.96. The molecule has 5 N–H and O–H groups in total. The van der Waals surface area contributed by atoms with Gasteiger partial charge in [-0.05, 0) is 5.11 Å². The Kier molecular flexibility index (Phi) is 21.8. The molecule has 0 aromatic heterocycles. The summed E-state index contributed by atoms with van der Waals surface area (Å²) in [4.78, 5) is 58.0. The molecule has 12 nitrogen and oxygen atoms in total. The summed E-state index contributed by atoms with van der Waals surface area (Å²) in [6.07, 6.45) is 4.19.